The molecule has 0 aliphatic carbocycles. The molecule has 3 aromatic rings. The van der Waals surface area contributed by atoms with Crippen LogP contribution in [0.5, 0.6) is 0 Å². The number of benzene rings is 2. The topological polar surface area (TPSA) is 91.4 Å². The number of nitrogens with zero attached hydrogens (tertiary/aromatic N) is 2. The molecule has 1 saturated heterocycles. The van der Waals surface area contributed by atoms with E-state index in [0.29, 0.717) is 25.1 Å². The van der Waals surface area contributed by atoms with Crippen molar-refractivity contribution in [3.05, 3.63) is 76.9 Å². The molecular weight excluding hydrogens is 484 g/mol. The highest BCUT2D eigenvalue weighted by molar-refractivity contribution is 7.13. The first kappa shape index (κ1) is 26.5. The average Bonchev–Trinajstić information content (AvgIpc) is 3.55. The van der Waals surface area contributed by atoms with E-state index in [4.69, 9.17) is 0 Å². The lowest BCUT2D eigenvalue weighted by atomic mass is 9.85. The van der Waals surface area contributed by atoms with Gasteiger partial charge in [-0.3, -0.25) is 14.4 Å². The third-order valence-electron chi connectivity index (χ3n) is 6.69. The van der Waals surface area contributed by atoms with Gasteiger partial charge in [0, 0.05) is 18.7 Å². The Morgan fingerprint density at radius 3 is 2.41 bits per heavy atom. The zero-order valence-corrected chi connectivity index (χ0v) is 22.6. The van der Waals surface area contributed by atoms with Crippen molar-refractivity contribution >= 4 is 29.1 Å². The Morgan fingerprint density at radius 1 is 1.08 bits per heavy atom. The molecule has 0 saturated carbocycles. The molecule has 2 aromatic carbocycles. The van der Waals surface area contributed by atoms with Crippen LogP contribution in [-0.4, -0.2) is 46.2 Å². The Balaban J connectivity index is 1.40. The first-order chi connectivity index (χ1) is 17.6. The predicted molar refractivity (Wildman–Crippen MR) is 146 cm³/mol. The maximum atomic E-state index is 13.7. The average molecular weight is 519 g/mol. The molecule has 8 heteroatoms. The van der Waals surface area contributed by atoms with Crippen molar-refractivity contribution in [2.45, 2.75) is 59.2 Å². The third-order valence-corrected chi connectivity index (χ3v) is 7.67. The lowest BCUT2D eigenvalue weighted by Gasteiger charge is -2.35. The van der Waals surface area contributed by atoms with E-state index in [-0.39, 0.29) is 17.7 Å². The summed E-state index contributed by atoms with van der Waals surface area (Å²) in [5, 5.41) is 5.93. The largest absolute Gasteiger partial charge is 0.350 e. The van der Waals surface area contributed by atoms with Crippen molar-refractivity contribution in [2.75, 3.05) is 6.54 Å². The van der Waals surface area contributed by atoms with Gasteiger partial charge in [-0.25, -0.2) is 4.98 Å². The van der Waals surface area contributed by atoms with E-state index in [1.165, 1.54) is 0 Å². The fourth-order valence-electron chi connectivity index (χ4n) is 4.58. The number of aryl methyl sites for hydroxylation is 1. The van der Waals surface area contributed by atoms with Gasteiger partial charge in [0.15, 0.2) is 0 Å². The van der Waals surface area contributed by atoms with Gasteiger partial charge in [0.05, 0.1) is 16.1 Å². The molecule has 2 N–H and O–H groups in total. The summed E-state index contributed by atoms with van der Waals surface area (Å²) >= 11 is 1.61. The number of likely N-dealkylation sites (tertiary alicyclic amines) is 1. The summed E-state index contributed by atoms with van der Waals surface area (Å²) in [5.74, 6) is -0.694. The maximum Gasteiger partial charge on any atom is 0.251 e. The molecule has 0 radical (unpaired) electrons. The molecule has 1 fully saturated rings. The van der Waals surface area contributed by atoms with E-state index in [2.05, 4.69) is 15.6 Å². The highest BCUT2D eigenvalue weighted by atomic mass is 32.1. The van der Waals surface area contributed by atoms with Gasteiger partial charge in [-0.05, 0) is 48.4 Å². The molecule has 1 aliphatic rings. The number of rotatable bonds is 7. The zero-order chi connectivity index (χ0) is 26.6. The highest BCUT2D eigenvalue weighted by Gasteiger charge is 2.41. The van der Waals surface area contributed by atoms with Crippen LogP contribution in [-0.2, 0) is 16.1 Å². The second kappa shape index (κ2) is 11.3. The number of thiazole rings is 1. The zero-order valence-electron chi connectivity index (χ0n) is 21.8. The lowest BCUT2D eigenvalue weighted by molar-refractivity contribution is -0.141. The first-order valence-electron chi connectivity index (χ1n) is 12.6. The third kappa shape index (κ3) is 6.25. The van der Waals surface area contributed by atoms with Crippen molar-refractivity contribution in [1.82, 2.24) is 20.5 Å². The van der Waals surface area contributed by atoms with Gasteiger partial charge >= 0.3 is 0 Å². The van der Waals surface area contributed by atoms with Crippen molar-refractivity contribution in [2.24, 2.45) is 5.41 Å². The van der Waals surface area contributed by atoms with Crippen LogP contribution in [0.25, 0.3) is 10.4 Å². The summed E-state index contributed by atoms with van der Waals surface area (Å²) in [4.78, 5) is 46.7. The molecule has 1 aromatic heterocycles. The number of hydrogen-bond donors (Lipinski definition) is 2. The first-order valence-corrected chi connectivity index (χ1v) is 13.5. The van der Waals surface area contributed by atoms with E-state index in [1.807, 2.05) is 63.5 Å². The Hall–Kier alpha value is -3.52. The second-order valence-corrected chi connectivity index (χ2v) is 11.4. The van der Waals surface area contributed by atoms with E-state index in [0.717, 1.165) is 28.1 Å². The fraction of sp³-hybridized carbons (Fsp3) is 0.379. The Labute approximate surface area is 222 Å². The summed E-state index contributed by atoms with van der Waals surface area (Å²) < 4.78 is 0. The number of carbonyl (C=O) groups excluding carboxylic acids is 3. The predicted octanol–water partition coefficient (Wildman–Crippen LogP) is 4.57. The van der Waals surface area contributed by atoms with Crippen LogP contribution in [0.3, 0.4) is 0 Å². The van der Waals surface area contributed by atoms with Gasteiger partial charge in [0.25, 0.3) is 5.91 Å². The number of hydrogen-bond acceptors (Lipinski definition) is 5. The molecule has 37 heavy (non-hydrogen) atoms. The van der Waals surface area contributed by atoms with E-state index in [9.17, 15) is 14.4 Å². The summed E-state index contributed by atoms with van der Waals surface area (Å²) in [6.45, 7) is 8.63. The van der Waals surface area contributed by atoms with Crippen LogP contribution in [0.15, 0.2) is 60.1 Å². The molecule has 4 rings (SSSR count). The number of amides is 3. The van der Waals surface area contributed by atoms with E-state index in [1.54, 1.807) is 40.5 Å². The lowest BCUT2D eigenvalue weighted by Crippen LogP contribution is -2.57. The molecule has 2 unspecified atom stereocenters. The van der Waals surface area contributed by atoms with Gasteiger partial charge in [-0.15, -0.1) is 11.3 Å². The molecule has 3 amide bonds. The molecule has 0 spiro atoms. The number of carbonyl (C=O) groups is 3. The van der Waals surface area contributed by atoms with Crippen LogP contribution in [0.2, 0.25) is 0 Å². The quantitative estimate of drug-likeness (QED) is 0.479. The van der Waals surface area contributed by atoms with Gasteiger partial charge in [-0.2, -0.15) is 0 Å². The Bertz CT molecular complexity index is 1250. The minimum Gasteiger partial charge on any atom is -0.350 e. The monoisotopic (exact) mass is 518 g/mol. The fourth-order valence-corrected chi connectivity index (χ4v) is 5.39. The van der Waals surface area contributed by atoms with Crippen molar-refractivity contribution in [3.8, 4) is 10.4 Å². The summed E-state index contributed by atoms with van der Waals surface area (Å²) in [7, 11) is 0. The van der Waals surface area contributed by atoms with Gasteiger partial charge in [-0.1, -0.05) is 63.2 Å². The number of aromatic nitrogens is 1. The smallest absolute Gasteiger partial charge is 0.251 e. The summed E-state index contributed by atoms with van der Waals surface area (Å²) in [6.07, 6.45) is 1.35. The molecule has 194 valence electrons. The second-order valence-electron chi connectivity index (χ2n) is 10.5. The van der Waals surface area contributed by atoms with Gasteiger partial charge < -0.3 is 15.5 Å². The van der Waals surface area contributed by atoms with Crippen molar-refractivity contribution in [1.29, 1.82) is 0 Å². The SMILES string of the molecule is Cc1ncsc1-c1ccc(CNC(=O)C2CCCN2C(=O)C(NC(=O)c2ccccc2)C(C)(C)C)cc1. The van der Waals surface area contributed by atoms with Crippen LogP contribution in [0.1, 0.15) is 55.2 Å². The summed E-state index contributed by atoms with van der Waals surface area (Å²) in [5.41, 5.74) is 4.90. The van der Waals surface area contributed by atoms with Crippen LogP contribution < -0.4 is 10.6 Å². The van der Waals surface area contributed by atoms with Gasteiger partial charge in [0.1, 0.15) is 12.1 Å². The molecule has 0 bridgehead atoms. The molecular formula is C29H34N4O3S. The molecule has 2 atom stereocenters. The Kier molecular flexibility index (Phi) is 8.07. The maximum absolute atomic E-state index is 13.7. The molecule has 1 aliphatic heterocycles. The van der Waals surface area contributed by atoms with Crippen molar-refractivity contribution < 1.29 is 14.4 Å². The standard InChI is InChI=1S/C29H34N4O3S/c1-19-24(37-18-31-19)21-14-12-20(13-15-21)17-30-27(35)23-11-8-16-33(23)28(36)25(29(2,3)4)32-26(34)22-9-6-5-7-10-22/h5-7,9-10,12-15,18,23,25H,8,11,16-17H2,1-4H3,(H,30,35)(H,32,34). The number of nitrogens with one attached hydrogen (secondary N) is 2. The minimum atomic E-state index is -0.753. The van der Waals surface area contributed by atoms with E-state index >= 15 is 0 Å². The molecule has 2 heterocycles. The van der Waals surface area contributed by atoms with Crippen LogP contribution in [0.4, 0.5) is 0 Å². The molecule has 7 nitrogen and oxygen atoms in total. The normalized spacial score (nSPS) is 16.3. The van der Waals surface area contributed by atoms with Crippen LogP contribution >= 0.6 is 11.3 Å². The highest BCUT2D eigenvalue weighted by Crippen LogP contribution is 2.28. The van der Waals surface area contributed by atoms with Crippen molar-refractivity contribution in [3.63, 3.8) is 0 Å². The van der Waals surface area contributed by atoms with Gasteiger partial charge in [0.2, 0.25) is 11.8 Å². The summed E-state index contributed by atoms with van der Waals surface area (Å²) in [6, 6.07) is 15.6. The Morgan fingerprint density at radius 2 is 1.78 bits per heavy atom. The van der Waals surface area contributed by atoms with Crippen LogP contribution in [0, 0.1) is 12.3 Å². The minimum absolute atomic E-state index is 0.171. The van der Waals surface area contributed by atoms with E-state index < -0.39 is 17.5 Å².